The fraction of sp³-hybridized carbons (Fsp3) is 0.0714. The number of nitrogens with two attached hydrogens (primary N) is 1. The highest BCUT2D eigenvalue weighted by atomic mass is 19.1. The van der Waals surface area contributed by atoms with Gasteiger partial charge < -0.3 is 5.73 Å². The van der Waals surface area contributed by atoms with Gasteiger partial charge in [-0.1, -0.05) is 6.07 Å². The number of nitrogens with zero attached hydrogens (tertiary/aromatic N) is 1. The second-order valence-electron chi connectivity index (χ2n) is 4.09. The third-order valence-corrected chi connectivity index (χ3v) is 2.91. The molecule has 3 heteroatoms. The Morgan fingerprint density at radius 1 is 1.06 bits per heavy atom. The Kier molecular flexibility index (Phi) is 2.18. The molecule has 2 N–H and O–H groups in total. The van der Waals surface area contributed by atoms with Gasteiger partial charge in [-0.05, 0) is 42.0 Å². The molecule has 1 aliphatic rings. The number of benzene rings is 2. The van der Waals surface area contributed by atoms with E-state index in [2.05, 4.69) is 4.99 Å². The van der Waals surface area contributed by atoms with Crippen molar-refractivity contribution in [3.63, 3.8) is 0 Å². The summed E-state index contributed by atoms with van der Waals surface area (Å²) in [4.78, 5) is 4.48. The number of rotatable bonds is 1. The van der Waals surface area contributed by atoms with Gasteiger partial charge >= 0.3 is 0 Å². The molecular weight excluding hydrogens is 215 g/mol. The predicted molar refractivity (Wildman–Crippen MR) is 66.6 cm³/mol. The molecule has 0 amide bonds. The summed E-state index contributed by atoms with van der Waals surface area (Å²) in [5, 5.41) is 0. The van der Waals surface area contributed by atoms with Crippen LogP contribution in [0, 0.1) is 5.82 Å². The predicted octanol–water partition coefficient (Wildman–Crippen LogP) is 2.76. The van der Waals surface area contributed by atoms with Crippen molar-refractivity contribution in [2.24, 2.45) is 4.99 Å². The van der Waals surface area contributed by atoms with Crippen molar-refractivity contribution in [2.75, 3.05) is 5.73 Å². The van der Waals surface area contributed by atoms with E-state index in [4.69, 9.17) is 5.73 Å². The van der Waals surface area contributed by atoms with Crippen LogP contribution in [-0.2, 0) is 6.54 Å². The summed E-state index contributed by atoms with van der Waals surface area (Å²) >= 11 is 0. The molecule has 0 spiro atoms. The summed E-state index contributed by atoms with van der Waals surface area (Å²) in [5.41, 5.74) is 10.5. The zero-order valence-corrected chi connectivity index (χ0v) is 9.15. The number of nitrogen functional groups attached to an aromatic ring is 1. The second kappa shape index (κ2) is 3.70. The fourth-order valence-corrected chi connectivity index (χ4v) is 2.06. The zero-order chi connectivity index (χ0) is 11.8. The SMILES string of the molecule is Nc1ccc2c(c1)C(c1ccc(F)cc1)=NC2. The third kappa shape index (κ3) is 1.69. The van der Waals surface area contributed by atoms with Crippen LogP contribution >= 0.6 is 0 Å². The highest BCUT2D eigenvalue weighted by Crippen LogP contribution is 2.25. The molecular formula is C14H11FN2. The van der Waals surface area contributed by atoms with E-state index in [0.717, 1.165) is 22.5 Å². The molecule has 0 saturated heterocycles. The molecule has 1 aliphatic heterocycles. The van der Waals surface area contributed by atoms with Crippen molar-refractivity contribution in [3.8, 4) is 0 Å². The Labute approximate surface area is 98.6 Å². The van der Waals surface area contributed by atoms with Gasteiger partial charge in [-0.25, -0.2) is 4.39 Å². The van der Waals surface area contributed by atoms with E-state index in [-0.39, 0.29) is 5.82 Å². The average molecular weight is 226 g/mol. The van der Waals surface area contributed by atoms with Gasteiger partial charge in [0.2, 0.25) is 0 Å². The van der Waals surface area contributed by atoms with Crippen molar-refractivity contribution >= 4 is 11.4 Å². The van der Waals surface area contributed by atoms with Crippen molar-refractivity contribution < 1.29 is 4.39 Å². The second-order valence-corrected chi connectivity index (χ2v) is 4.09. The van der Waals surface area contributed by atoms with Gasteiger partial charge in [-0.15, -0.1) is 0 Å². The number of fused-ring (bicyclic) bond motifs is 1. The summed E-state index contributed by atoms with van der Waals surface area (Å²) in [7, 11) is 0. The lowest BCUT2D eigenvalue weighted by molar-refractivity contribution is 0.628. The molecule has 0 aromatic heterocycles. The Morgan fingerprint density at radius 2 is 1.82 bits per heavy atom. The van der Waals surface area contributed by atoms with Crippen molar-refractivity contribution in [3.05, 3.63) is 65.0 Å². The standard InChI is InChI=1S/C14H11FN2/c15-11-4-1-9(2-5-11)14-13-7-12(16)6-3-10(13)8-17-14/h1-7H,8,16H2. The minimum absolute atomic E-state index is 0.236. The summed E-state index contributed by atoms with van der Waals surface area (Å²) in [6.07, 6.45) is 0. The highest BCUT2D eigenvalue weighted by Gasteiger charge is 2.17. The largest absolute Gasteiger partial charge is 0.399 e. The minimum atomic E-state index is -0.236. The van der Waals surface area contributed by atoms with Gasteiger partial charge in [-0.3, -0.25) is 4.99 Å². The molecule has 0 saturated carbocycles. The first-order valence-electron chi connectivity index (χ1n) is 5.43. The van der Waals surface area contributed by atoms with Crippen LogP contribution in [0.5, 0.6) is 0 Å². The maximum atomic E-state index is 12.9. The van der Waals surface area contributed by atoms with E-state index >= 15 is 0 Å². The van der Waals surface area contributed by atoms with Crippen LogP contribution in [-0.4, -0.2) is 5.71 Å². The van der Waals surface area contributed by atoms with Crippen LogP contribution < -0.4 is 5.73 Å². The van der Waals surface area contributed by atoms with E-state index in [1.165, 1.54) is 17.7 Å². The molecule has 0 atom stereocenters. The number of hydrogen-bond acceptors (Lipinski definition) is 2. The van der Waals surface area contributed by atoms with E-state index in [1.807, 2.05) is 18.2 Å². The lowest BCUT2D eigenvalue weighted by atomic mass is 10.00. The number of aliphatic imine (C=N–C) groups is 1. The molecule has 0 unspecified atom stereocenters. The monoisotopic (exact) mass is 226 g/mol. The first kappa shape index (κ1) is 10.0. The molecule has 84 valence electrons. The van der Waals surface area contributed by atoms with Gasteiger partial charge in [0.1, 0.15) is 5.82 Å². The van der Waals surface area contributed by atoms with E-state index in [0.29, 0.717) is 6.54 Å². The number of halogens is 1. The number of hydrogen-bond donors (Lipinski definition) is 1. The summed E-state index contributed by atoms with van der Waals surface area (Å²) < 4.78 is 12.9. The van der Waals surface area contributed by atoms with Crippen LogP contribution in [0.1, 0.15) is 16.7 Å². The molecule has 0 radical (unpaired) electrons. The van der Waals surface area contributed by atoms with Crippen molar-refractivity contribution in [1.82, 2.24) is 0 Å². The summed E-state index contributed by atoms with van der Waals surface area (Å²) in [6.45, 7) is 0.669. The van der Waals surface area contributed by atoms with Gasteiger partial charge in [0, 0.05) is 16.8 Å². The van der Waals surface area contributed by atoms with Crippen LogP contribution in [0.25, 0.3) is 0 Å². The number of anilines is 1. The molecule has 17 heavy (non-hydrogen) atoms. The first-order valence-corrected chi connectivity index (χ1v) is 5.43. The lowest BCUT2D eigenvalue weighted by Crippen LogP contribution is -2.01. The van der Waals surface area contributed by atoms with Crippen LogP contribution in [0.15, 0.2) is 47.5 Å². The third-order valence-electron chi connectivity index (χ3n) is 2.91. The molecule has 1 heterocycles. The first-order chi connectivity index (χ1) is 8.24. The molecule has 2 aromatic carbocycles. The average Bonchev–Trinajstić information content (AvgIpc) is 2.73. The van der Waals surface area contributed by atoms with Crippen molar-refractivity contribution in [1.29, 1.82) is 0 Å². The Balaban J connectivity index is 2.08. The molecule has 2 aromatic rings. The normalized spacial score (nSPS) is 13.4. The summed E-state index contributed by atoms with van der Waals surface area (Å²) in [6, 6.07) is 12.2. The molecule has 0 aliphatic carbocycles. The van der Waals surface area contributed by atoms with Gasteiger partial charge in [-0.2, -0.15) is 0 Å². The molecule has 3 rings (SSSR count). The van der Waals surface area contributed by atoms with Crippen LogP contribution in [0.2, 0.25) is 0 Å². The van der Waals surface area contributed by atoms with E-state index in [9.17, 15) is 4.39 Å². The quantitative estimate of drug-likeness (QED) is 0.746. The van der Waals surface area contributed by atoms with Crippen molar-refractivity contribution in [2.45, 2.75) is 6.54 Å². The fourth-order valence-electron chi connectivity index (χ4n) is 2.06. The topological polar surface area (TPSA) is 38.4 Å². The zero-order valence-electron chi connectivity index (χ0n) is 9.15. The lowest BCUT2D eigenvalue weighted by Gasteiger charge is -2.05. The smallest absolute Gasteiger partial charge is 0.123 e. The van der Waals surface area contributed by atoms with Gasteiger partial charge in [0.25, 0.3) is 0 Å². The van der Waals surface area contributed by atoms with E-state index in [1.54, 1.807) is 12.1 Å². The summed E-state index contributed by atoms with van der Waals surface area (Å²) in [5.74, 6) is -0.236. The highest BCUT2D eigenvalue weighted by molar-refractivity contribution is 6.15. The Bertz CT molecular complexity index is 600. The minimum Gasteiger partial charge on any atom is -0.399 e. The van der Waals surface area contributed by atoms with Gasteiger partial charge in [0.05, 0.1) is 12.3 Å². The Morgan fingerprint density at radius 3 is 2.59 bits per heavy atom. The van der Waals surface area contributed by atoms with E-state index < -0.39 is 0 Å². The molecule has 0 bridgehead atoms. The molecule has 2 nitrogen and oxygen atoms in total. The maximum absolute atomic E-state index is 12.9. The van der Waals surface area contributed by atoms with Crippen LogP contribution in [0.3, 0.4) is 0 Å². The maximum Gasteiger partial charge on any atom is 0.123 e. The van der Waals surface area contributed by atoms with Crippen LogP contribution in [0.4, 0.5) is 10.1 Å². The Hall–Kier alpha value is -2.16. The van der Waals surface area contributed by atoms with Gasteiger partial charge in [0.15, 0.2) is 0 Å². The molecule has 0 fully saturated rings.